The van der Waals surface area contributed by atoms with Crippen LogP contribution in [0.1, 0.15) is 42.5 Å². The number of Topliss-reactive ketones (excluding diaryl/α,β-unsaturated/α-hetero) is 1. The Morgan fingerprint density at radius 1 is 1.08 bits per heavy atom. The number of carbonyl (C=O) groups is 3. The van der Waals surface area contributed by atoms with Gasteiger partial charge >= 0.3 is 6.03 Å². The van der Waals surface area contributed by atoms with E-state index in [1.54, 1.807) is 18.2 Å². The Kier molecular flexibility index (Phi) is 3.86. The molecule has 2 fully saturated rings. The number of nitrogens with zero attached hydrogens (tertiary/aromatic N) is 1. The third kappa shape index (κ3) is 2.73. The Morgan fingerprint density at radius 2 is 1.80 bits per heavy atom. The molecule has 1 aromatic rings. The molecule has 0 radical (unpaired) electrons. The summed E-state index contributed by atoms with van der Waals surface area (Å²) >= 11 is 0. The molecule has 0 atom stereocenters. The Hall–Kier alpha value is -2.57. The lowest BCUT2D eigenvalue weighted by Crippen LogP contribution is -2.44. The minimum Gasteiger partial charge on any atom is -0.490 e. The molecule has 1 saturated heterocycles. The fourth-order valence-corrected chi connectivity index (χ4v) is 3.71. The van der Waals surface area contributed by atoms with Crippen molar-refractivity contribution >= 4 is 17.7 Å². The molecule has 0 aromatic heterocycles. The van der Waals surface area contributed by atoms with Crippen LogP contribution in [0.15, 0.2) is 18.2 Å². The van der Waals surface area contributed by atoms with E-state index < -0.39 is 11.6 Å². The molecule has 1 saturated carbocycles. The molecule has 25 heavy (non-hydrogen) atoms. The first-order chi connectivity index (χ1) is 12.1. The van der Waals surface area contributed by atoms with Crippen LogP contribution in [-0.4, -0.2) is 47.9 Å². The van der Waals surface area contributed by atoms with E-state index in [1.807, 2.05) is 0 Å². The van der Waals surface area contributed by atoms with Crippen LogP contribution in [0.25, 0.3) is 0 Å². The molecule has 7 heteroatoms. The van der Waals surface area contributed by atoms with Crippen molar-refractivity contribution in [2.45, 2.75) is 37.6 Å². The highest BCUT2D eigenvalue weighted by Gasteiger charge is 2.52. The Bertz CT molecular complexity index is 739. The van der Waals surface area contributed by atoms with Gasteiger partial charge in [-0.3, -0.25) is 14.5 Å². The van der Waals surface area contributed by atoms with Gasteiger partial charge in [0.1, 0.15) is 5.54 Å². The summed E-state index contributed by atoms with van der Waals surface area (Å²) in [4.78, 5) is 38.5. The smallest absolute Gasteiger partial charge is 0.325 e. The lowest BCUT2D eigenvalue weighted by Gasteiger charge is -2.19. The fraction of sp³-hybridized carbons (Fsp3) is 0.500. The van der Waals surface area contributed by atoms with Crippen LogP contribution < -0.4 is 14.8 Å². The third-order valence-electron chi connectivity index (χ3n) is 5.07. The standard InChI is InChI=1S/C18H20N2O5/c21-13(12-4-5-14-15(10-12)25-9-3-8-24-14)11-20-16(22)18(19-17(20)23)6-1-2-7-18/h4-5,10H,1-3,6-9,11H2,(H,19,23). The SMILES string of the molecule is O=C(CN1C(=O)NC2(CCCC2)C1=O)c1ccc2c(c1)OCCCO2. The number of amides is 3. The molecule has 4 rings (SSSR count). The lowest BCUT2D eigenvalue weighted by molar-refractivity contribution is -0.130. The van der Waals surface area contributed by atoms with Gasteiger partial charge in [0, 0.05) is 12.0 Å². The minimum absolute atomic E-state index is 0.258. The molecule has 0 bridgehead atoms. The Labute approximate surface area is 145 Å². The van der Waals surface area contributed by atoms with E-state index >= 15 is 0 Å². The maximum Gasteiger partial charge on any atom is 0.325 e. The number of carbonyl (C=O) groups excluding carboxylic acids is 3. The van der Waals surface area contributed by atoms with Crippen LogP contribution in [-0.2, 0) is 4.79 Å². The van der Waals surface area contributed by atoms with Crippen molar-refractivity contribution in [2.24, 2.45) is 0 Å². The number of imide groups is 1. The molecule has 1 N–H and O–H groups in total. The normalized spacial score (nSPS) is 21.4. The van der Waals surface area contributed by atoms with Gasteiger partial charge < -0.3 is 14.8 Å². The molecule has 0 unspecified atom stereocenters. The minimum atomic E-state index is -0.790. The summed E-state index contributed by atoms with van der Waals surface area (Å²) in [7, 11) is 0. The summed E-state index contributed by atoms with van der Waals surface area (Å²) in [6, 6.07) is 4.47. The predicted molar refractivity (Wildman–Crippen MR) is 87.8 cm³/mol. The van der Waals surface area contributed by atoms with E-state index in [2.05, 4.69) is 5.32 Å². The van der Waals surface area contributed by atoms with Gasteiger partial charge in [-0.25, -0.2) is 4.79 Å². The number of urea groups is 1. The van der Waals surface area contributed by atoms with Crippen LogP contribution in [0.5, 0.6) is 11.5 Å². The average molecular weight is 344 g/mol. The number of rotatable bonds is 3. The van der Waals surface area contributed by atoms with E-state index in [0.717, 1.165) is 24.2 Å². The lowest BCUT2D eigenvalue weighted by atomic mass is 9.98. The van der Waals surface area contributed by atoms with Crippen LogP contribution in [0.3, 0.4) is 0 Å². The topological polar surface area (TPSA) is 84.9 Å². The average Bonchev–Trinajstić information content (AvgIpc) is 3.06. The van der Waals surface area contributed by atoms with Crippen molar-refractivity contribution in [3.63, 3.8) is 0 Å². The van der Waals surface area contributed by atoms with Gasteiger partial charge in [-0.15, -0.1) is 0 Å². The largest absolute Gasteiger partial charge is 0.490 e. The number of ketones is 1. The zero-order valence-electron chi connectivity index (χ0n) is 13.9. The predicted octanol–water partition coefficient (Wildman–Crippen LogP) is 1.90. The molecule has 2 heterocycles. The van der Waals surface area contributed by atoms with Crippen molar-refractivity contribution < 1.29 is 23.9 Å². The Morgan fingerprint density at radius 3 is 2.56 bits per heavy atom. The second-order valence-corrected chi connectivity index (χ2v) is 6.75. The molecule has 132 valence electrons. The number of benzene rings is 1. The fourth-order valence-electron chi connectivity index (χ4n) is 3.71. The van der Waals surface area contributed by atoms with E-state index in [-0.39, 0.29) is 18.2 Å². The van der Waals surface area contributed by atoms with Gasteiger partial charge in [0.05, 0.1) is 19.8 Å². The molecule has 3 amide bonds. The molecule has 3 aliphatic rings. The van der Waals surface area contributed by atoms with Crippen LogP contribution in [0.4, 0.5) is 4.79 Å². The van der Waals surface area contributed by atoms with E-state index in [1.165, 1.54) is 0 Å². The second-order valence-electron chi connectivity index (χ2n) is 6.75. The van der Waals surface area contributed by atoms with E-state index in [4.69, 9.17) is 9.47 Å². The summed E-state index contributed by atoms with van der Waals surface area (Å²) in [5.74, 6) is 0.550. The summed E-state index contributed by atoms with van der Waals surface area (Å²) in [6.07, 6.45) is 3.90. The van der Waals surface area contributed by atoms with Crippen molar-refractivity contribution in [2.75, 3.05) is 19.8 Å². The number of hydrogen-bond acceptors (Lipinski definition) is 5. The van der Waals surface area contributed by atoms with Crippen LogP contribution in [0.2, 0.25) is 0 Å². The molecular weight excluding hydrogens is 324 g/mol. The zero-order chi connectivity index (χ0) is 17.4. The molecule has 1 aromatic carbocycles. The van der Waals surface area contributed by atoms with Gasteiger partial charge in [0.15, 0.2) is 17.3 Å². The third-order valence-corrected chi connectivity index (χ3v) is 5.07. The van der Waals surface area contributed by atoms with Crippen molar-refractivity contribution in [1.82, 2.24) is 10.2 Å². The summed E-state index contributed by atoms with van der Waals surface area (Å²) in [5.41, 5.74) is -0.389. The van der Waals surface area contributed by atoms with Gasteiger partial charge in [0.2, 0.25) is 0 Å². The van der Waals surface area contributed by atoms with Crippen molar-refractivity contribution in [3.05, 3.63) is 23.8 Å². The first-order valence-electron chi connectivity index (χ1n) is 8.66. The van der Waals surface area contributed by atoms with Gasteiger partial charge in [-0.1, -0.05) is 12.8 Å². The maximum atomic E-state index is 12.6. The van der Waals surface area contributed by atoms with Gasteiger partial charge in [-0.2, -0.15) is 0 Å². The quantitative estimate of drug-likeness (QED) is 0.669. The van der Waals surface area contributed by atoms with Crippen molar-refractivity contribution in [3.8, 4) is 11.5 Å². The zero-order valence-corrected chi connectivity index (χ0v) is 13.9. The van der Waals surface area contributed by atoms with Crippen molar-refractivity contribution in [1.29, 1.82) is 0 Å². The first-order valence-corrected chi connectivity index (χ1v) is 8.66. The summed E-state index contributed by atoms with van der Waals surface area (Å²) in [6.45, 7) is 0.844. The van der Waals surface area contributed by atoms with Gasteiger partial charge in [0.25, 0.3) is 5.91 Å². The molecule has 2 aliphatic heterocycles. The molecule has 1 spiro atoms. The Balaban J connectivity index is 1.51. The number of nitrogens with one attached hydrogen (secondary N) is 1. The van der Waals surface area contributed by atoms with E-state index in [0.29, 0.717) is 43.1 Å². The number of hydrogen-bond donors (Lipinski definition) is 1. The van der Waals surface area contributed by atoms with Crippen LogP contribution >= 0.6 is 0 Å². The van der Waals surface area contributed by atoms with Gasteiger partial charge in [-0.05, 0) is 31.0 Å². The maximum absolute atomic E-state index is 12.6. The molecule has 7 nitrogen and oxygen atoms in total. The highest BCUT2D eigenvalue weighted by atomic mass is 16.5. The highest BCUT2D eigenvalue weighted by Crippen LogP contribution is 2.35. The second kappa shape index (κ2) is 6.06. The first kappa shape index (κ1) is 15.9. The molecular formula is C18H20N2O5. The van der Waals surface area contributed by atoms with Crippen LogP contribution in [0, 0.1) is 0 Å². The monoisotopic (exact) mass is 344 g/mol. The van der Waals surface area contributed by atoms with E-state index in [9.17, 15) is 14.4 Å². The summed E-state index contributed by atoms with van der Waals surface area (Å²) in [5, 5.41) is 2.78. The highest BCUT2D eigenvalue weighted by molar-refractivity contribution is 6.11. The summed E-state index contributed by atoms with van der Waals surface area (Å²) < 4.78 is 11.1. The molecule has 1 aliphatic carbocycles. The number of ether oxygens (including phenoxy) is 2. The number of fused-ring (bicyclic) bond motifs is 1.